The van der Waals surface area contributed by atoms with Gasteiger partial charge in [-0.3, -0.25) is 9.36 Å². The summed E-state index contributed by atoms with van der Waals surface area (Å²) in [6.07, 6.45) is 3.69. The molecule has 2 aromatic carbocycles. The summed E-state index contributed by atoms with van der Waals surface area (Å²) >= 11 is 3.02. The lowest BCUT2D eigenvalue weighted by atomic mass is 10.2. The second kappa shape index (κ2) is 8.71. The van der Waals surface area contributed by atoms with E-state index in [1.807, 2.05) is 30.5 Å². The zero-order chi connectivity index (χ0) is 22.1. The summed E-state index contributed by atoms with van der Waals surface area (Å²) in [5.74, 6) is 2.47. The van der Waals surface area contributed by atoms with Crippen molar-refractivity contribution in [1.29, 1.82) is 0 Å². The van der Waals surface area contributed by atoms with Crippen LogP contribution < -0.4 is 15.0 Å². The van der Waals surface area contributed by atoms with E-state index < -0.39 is 0 Å². The number of fused-ring (bicyclic) bond motifs is 2. The van der Waals surface area contributed by atoms with Gasteiger partial charge in [0.2, 0.25) is 18.5 Å². The van der Waals surface area contributed by atoms with Crippen molar-refractivity contribution in [2.75, 3.05) is 13.0 Å². The summed E-state index contributed by atoms with van der Waals surface area (Å²) in [6.45, 7) is 4.22. The summed E-state index contributed by atoms with van der Waals surface area (Å²) in [5.41, 5.74) is 1.25. The van der Waals surface area contributed by atoms with Crippen LogP contribution >= 0.6 is 23.5 Å². The molecule has 0 bridgehead atoms. The average molecular weight is 467 g/mol. The number of aromatic nitrogens is 4. The molecule has 0 unspecified atom stereocenters. The molecule has 0 saturated carbocycles. The Hall–Kier alpha value is -3.24. The van der Waals surface area contributed by atoms with Gasteiger partial charge in [-0.1, -0.05) is 23.0 Å². The van der Waals surface area contributed by atoms with Crippen molar-refractivity contribution in [3.8, 4) is 22.9 Å². The van der Waals surface area contributed by atoms with Gasteiger partial charge < -0.3 is 14.0 Å². The van der Waals surface area contributed by atoms with Crippen LogP contribution in [0.25, 0.3) is 22.3 Å². The molecule has 5 rings (SSSR count). The molecule has 1 aliphatic heterocycles. The fourth-order valence-electron chi connectivity index (χ4n) is 3.29. The van der Waals surface area contributed by atoms with E-state index in [0.717, 1.165) is 10.5 Å². The average Bonchev–Trinajstić information content (AvgIpc) is 3.48. The number of hydrogen-bond donors (Lipinski definition) is 0. The highest BCUT2D eigenvalue weighted by Gasteiger charge is 2.19. The SMILES string of the molecule is C=CCn1c(SCc2nc(-c3ccc(SC)cc3)no2)nc2cc3c(cc2c1=O)OCO3. The molecule has 0 amide bonds. The van der Waals surface area contributed by atoms with Gasteiger partial charge in [-0.25, -0.2) is 4.98 Å². The van der Waals surface area contributed by atoms with Gasteiger partial charge in [-0.05, 0) is 36.6 Å². The van der Waals surface area contributed by atoms with Crippen molar-refractivity contribution in [2.45, 2.75) is 22.3 Å². The Morgan fingerprint density at radius 2 is 1.94 bits per heavy atom. The Labute approximate surface area is 191 Å². The van der Waals surface area contributed by atoms with Gasteiger partial charge in [-0.15, -0.1) is 18.3 Å². The summed E-state index contributed by atoms with van der Waals surface area (Å²) in [7, 11) is 0. The highest BCUT2D eigenvalue weighted by atomic mass is 32.2. The molecule has 0 spiro atoms. The van der Waals surface area contributed by atoms with Crippen molar-refractivity contribution in [3.05, 3.63) is 65.3 Å². The van der Waals surface area contributed by atoms with Gasteiger partial charge in [0.25, 0.3) is 5.56 Å². The fraction of sp³-hybridized carbons (Fsp3) is 0.182. The number of nitrogens with zero attached hydrogens (tertiary/aromatic N) is 4. The maximum Gasteiger partial charge on any atom is 0.262 e. The summed E-state index contributed by atoms with van der Waals surface area (Å²) in [4.78, 5) is 23.4. The molecule has 3 heterocycles. The molecule has 8 nitrogen and oxygen atoms in total. The Bertz CT molecular complexity index is 1370. The van der Waals surface area contributed by atoms with Gasteiger partial charge in [0.05, 0.1) is 16.7 Å². The van der Waals surface area contributed by atoms with Crippen LogP contribution in [0.3, 0.4) is 0 Å². The van der Waals surface area contributed by atoms with Gasteiger partial charge in [0, 0.05) is 23.1 Å². The van der Waals surface area contributed by atoms with Crippen LogP contribution in [0.1, 0.15) is 5.89 Å². The van der Waals surface area contributed by atoms with Crippen LogP contribution in [0.4, 0.5) is 0 Å². The Balaban J connectivity index is 1.43. The molecule has 2 aromatic heterocycles. The van der Waals surface area contributed by atoms with E-state index in [2.05, 4.69) is 21.7 Å². The van der Waals surface area contributed by atoms with E-state index in [1.54, 1.807) is 34.5 Å². The Morgan fingerprint density at radius 1 is 1.16 bits per heavy atom. The Kier molecular flexibility index (Phi) is 5.62. The van der Waals surface area contributed by atoms with E-state index in [9.17, 15) is 4.79 Å². The molecule has 4 aromatic rings. The van der Waals surface area contributed by atoms with Crippen LogP contribution in [0.2, 0.25) is 0 Å². The third-order valence-corrected chi connectivity index (χ3v) is 6.57. The summed E-state index contributed by atoms with van der Waals surface area (Å²) in [6, 6.07) is 11.4. The molecule has 1 aliphatic rings. The first-order valence-electron chi connectivity index (χ1n) is 9.71. The topological polar surface area (TPSA) is 92.3 Å². The van der Waals surface area contributed by atoms with Crippen molar-refractivity contribution >= 4 is 34.4 Å². The number of ether oxygens (including phenoxy) is 2. The number of allylic oxidation sites excluding steroid dienone is 1. The van der Waals surface area contributed by atoms with Gasteiger partial charge >= 0.3 is 0 Å². The minimum atomic E-state index is -0.171. The van der Waals surface area contributed by atoms with Gasteiger partial charge in [0.1, 0.15) is 0 Å². The molecule has 10 heteroatoms. The fourth-order valence-corrected chi connectivity index (χ4v) is 4.54. The van der Waals surface area contributed by atoms with Crippen LogP contribution in [-0.4, -0.2) is 32.7 Å². The smallest absolute Gasteiger partial charge is 0.262 e. The maximum atomic E-state index is 13.1. The van der Waals surface area contributed by atoms with E-state index >= 15 is 0 Å². The molecular formula is C22H18N4O4S2. The van der Waals surface area contributed by atoms with E-state index in [4.69, 9.17) is 14.0 Å². The molecule has 0 fully saturated rings. The molecule has 0 saturated heterocycles. The van der Waals surface area contributed by atoms with Crippen molar-refractivity contribution < 1.29 is 14.0 Å². The third kappa shape index (κ3) is 3.87. The minimum absolute atomic E-state index is 0.133. The predicted octanol–water partition coefficient (Wildman–Crippen LogP) is 4.38. The zero-order valence-corrected chi connectivity index (χ0v) is 18.7. The largest absolute Gasteiger partial charge is 0.454 e. The number of hydrogen-bond acceptors (Lipinski definition) is 9. The number of thioether (sulfide) groups is 2. The molecule has 32 heavy (non-hydrogen) atoms. The van der Waals surface area contributed by atoms with Crippen LogP contribution in [0.5, 0.6) is 11.5 Å². The first-order valence-corrected chi connectivity index (χ1v) is 11.9. The second-order valence-corrected chi connectivity index (χ2v) is 8.67. The molecule has 0 aliphatic carbocycles. The maximum absolute atomic E-state index is 13.1. The summed E-state index contributed by atoms with van der Waals surface area (Å²) < 4.78 is 17.8. The second-order valence-electron chi connectivity index (χ2n) is 6.85. The van der Waals surface area contributed by atoms with Crippen molar-refractivity contribution in [3.63, 3.8) is 0 Å². The molecular weight excluding hydrogens is 448 g/mol. The van der Waals surface area contributed by atoms with Crippen LogP contribution in [-0.2, 0) is 12.3 Å². The minimum Gasteiger partial charge on any atom is -0.454 e. The van der Waals surface area contributed by atoms with Gasteiger partial charge in [0.15, 0.2) is 16.7 Å². The quantitative estimate of drug-likeness (QED) is 0.223. The number of rotatable bonds is 7. The van der Waals surface area contributed by atoms with Crippen molar-refractivity contribution in [2.24, 2.45) is 0 Å². The third-order valence-electron chi connectivity index (χ3n) is 4.87. The normalized spacial score (nSPS) is 12.4. The predicted molar refractivity (Wildman–Crippen MR) is 123 cm³/mol. The molecule has 162 valence electrons. The monoisotopic (exact) mass is 466 g/mol. The first-order chi connectivity index (χ1) is 15.7. The lowest BCUT2D eigenvalue weighted by molar-refractivity contribution is 0.174. The highest BCUT2D eigenvalue weighted by Crippen LogP contribution is 2.35. The lowest BCUT2D eigenvalue weighted by Gasteiger charge is -2.11. The standard InChI is InChI=1S/C22H18N4O4S2/c1-3-8-26-21(27)15-9-17-18(29-12-28-17)10-16(15)23-22(26)32-11-19-24-20(25-30-19)13-4-6-14(31-2)7-5-13/h3-7,9-10H,1,8,11-12H2,2H3. The van der Waals surface area contributed by atoms with E-state index in [0.29, 0.717) is 51.6 Å². The van der Waals surface area contributed by atoms with Gasteiger partial charge in [-0.2, -0.15) is 4.98 Å². The first kappa shape index (κ1) is 20.7. The van der Waals surface area contributed by atoms with Crippen molar-refractivity contribution in [1.82, 2.24) is 19.7 Å². The van der Waals surface area contributed by atoms with Crippen LogP contribution in [0.15, 0.2) is 68.4 Å². The molecule has 0 N–H and O–H groups in total. The Morgan fingerprint density at radius 3 is 2.69 bits per heavy atom. The zero-order valence-electron chi connectivity index (χ0n) is 17.1. The van der Waals surface area contributed by atoms with E-state index in [1.165, 1.54) is 11.8 Å². The molecule has 0 radical (unpaired) electrons. The van der Waals surface area contributed by atoms with Crippen LogP contribution in [0, 0.1) is 0 Å². The number of benzene rings is 2. The van der Waals surface area contributed by atoms with E-state index in [-0.39, 0.29) is 12.4 Å². The highest BCUT2D eigenvalue weighted by molar-refractivity contribution is 7.98. The molecule has 0 atom stereocenters. The lowest BCUT2D eigenvalue weighted by Crippen LogP contribution is -2.22. The summed E-state index contributed by atoms with van der Waals surface area (Å²) in [5, 5.41) is 5.08.